The Kier molecular flexibility index (Phi) is 5.89. The zero-order valence-corrected chi connectivity index (χ0v) is 14.3. The molecule has 0 aliphatic carbocycles. The van der Waals surface area contributed by atoms with Gasteiger partial charge in [0.1, 0.15) is 0 Å². The van der Waals surface area contributed by atoms with E-state index in [1.165, 1.54) is 7.05 Å². The first-order chi connectivity index (χ1) is 11.9. The van der Waals surface area contributed by atoms with Gasteiger partial charge < -0.3 is 10.1 Å². The second kappa shape index (κ2) is 8.10. The van der Waals surface area contributed by atoms with Crippen LogP contribution in [0.15, 0.2) is 48.5 Å². The molecule has 0 fully saturated rings. The van der Waals surface area contributed by atoms with Gasteiger partial charge >= 0.3 is 12.0 Å². The van der Waals surface area contributed by atoms with E-state index < -0.39 is 24.0 Å². The number of imide groups is 1. The highest BCUT2D eigenvalue weighted by Crippen LogP contribution is 2.21. The van der Waals surface area contributed by atoms with Crippen molar-refractivity contribution in [3.63, 3.8) is 0 Å². The lowest BCUT2D eigenvalue weighted by atomic mass is 10.1. The fraction of sp³-hybridized carbons (Fsp3) is 0.211. The van der Waals surface area contributed by atoms with Gasteiger partial charge in [-0.3, -0.25) is 10.1 Å². The predicted molar refractivity (Wildman–Crippen MR) is 93.1 cm³/mol. The van der Waals surface area contributed by atoms with Gasteiger partial charge in [-0.1, -0.05) is 48.0 Å². The second-order valence-corrected chi connectivity index (χ2v) is 5.58. The van der Waals surface area contributed by atoms with Gasteiger partial charge in [0.25, 0.3) is 5.91 Å². The normalized spacial score (nSPS) is 11.3. The first-order valence-corrected chi connectivity index (χ1v) is 7.78. The number of hydrogen-bond donors (Lipinski definition) is 2. The minimum atomic E-state index is -1.23. The average Bonchev–Trinajstić information content (AvgIpc) is 2.61. The van der Waals surface area contributed by atoms with Crippen LogP contribution in [0.2, 0.25) is 0 Å². The van der Waals surface area contributed by atoms with Gasteiger partial charge in [0, 0.05) is 12.6 Å². The molecule has 6 heteroatoms. The second-order valence-electron chi connectivity index (χ2n) is 5.58. The maximum absolute atomic E-state index is 12.6. The lowest BCUT2D eigenvalue weighted by molar-refractivity contribution is -0.129. The number of esters is 1. The number of nitrogens with one attached hydrogen (secondary N) is 2. The summed E-state index contributed by atoms with van der Waals surface area (Å²) in [4.78, 5) is 36.4. The summed E-state index contributed by atoms with van der Waals surface area (Å²) in [6, 6.07) is 13.3. The lowest BCUT2D eigenvalue weighted by Crippen LogP contribution is -2.41. The zero-order valence-electron chi connectivity index (χ0n) is 14.3. The largest absolute Gasteiger partial charge is 0.444 e. The number of aryl methyl sites for hydroxylation is 2. The van der Waals surface area contributed by atoms with Gasteiger partial charge in [-0.2, -0.15) is 0 Å². The number of rotatable bonds is 4. The third kappa shape index (κ3) is 4.67. The highest BCUT2D eigenvalue weighted by Gasteiger charge is 2.27. The van der Waals surface area contributed by atoms with Crippen LogP contribution in [0, 0.1) is 13.8 Å². The van der Waals surface area contributed by atoms with Crippen molar-refractivity contribution in [1.29, 1.82) is 0 Å². The Morgan fingerprint density at radius 3 is 2.32 bits per heavy atom. The Labute approximate surface area is 146 Å². The van der Waals surface area contributed by atoms with E-state index in [-0.39, 0.29) is 0 Å². The summed E-state index contributed by atoms with van der Waals surface area (Å²) in [6.07, 6.45) is -1.23. The molecule has 0 saturated carbocycles. The summed E-state index contributed by atoms with van der Waals surface area (Å²) < 4.78 is 5.43. The van der Waals surface area contributed by atoms with Crippen LogP contribution in [-0.2, 0) is 9.53 Å². The van der Waals surface area contributed by atoms with Crippen molar-refractivity contribution >= 4 is 17.9 Å². The maximum Gasteiger partial charge on any atom is 0.339 e. The minimum absolute atomic E-state index is 0.383. The van der Waals surface area contributed by atoms with Crippen LogP contribution >= 0.6 is 0 Å². The highest BCUT2D eigenvalue weighted by molar-refractivity contribution is 5.99. The van der Waals surface area contributed by atoms with E-state index in [1.807, 2.05) is 19.1 Å². The standard InChI is InChI=1S/C19H20N2O4/c1-12-9-10-13(2)15(11-12)18(23)25-16(14-7-5-4-6-8-14)17(22)21-19(24)20-3/h4-11,16H,1-3H3,(H2,20,21,22,24). The van der Waals surface area contributed by atoms with Crippen molar-refractivity contribution in [2.75, 3.05) is 7.05 Å². The van der Waals surface area contributed by atoms with Gasteiger partial charge in [0.2, 0.25) is 6.10 Å². The molecule has 0 aliphatic heterocycles. The van der Waals surface area contributed by atoms with Crippen LogP contribution in [-0.4, -0.2) is 25.0 Å². The molecular formula is C19H20N2O4. The average molecular weight is 340 g/mol. The Morgan fingerprint density at radius 2 is 1.68 bits per heavy atom. The molecule has 2 rings (SSSR count). The molecular weight excluding hydrogens is 320 g/mol. The number of urea groups is 1. The van der Waals surface area contributed by atoms with E-state index >= 15 is 0 Å². The smallest absolute Gasteiger partial charge is 0.339 e. The van der Waals surface area contributed by atoms with Crippen LogP contribution < -0.4 is 10.6 Å². The van der Waals surface area contributed by atoms with E-state index in [1.54, 1.807) is 43.3 Å². The topological polar surface area (TPSA) is 84.5 Å². The van der Waals surface area contributed by atoms with E-state index in [4.69, 9.17) is 4.74 Å². The van der Waals surface area contributed by atoms with E-state index in [9.17, 15) is 14.4 Å². The third-order valence-corrected chi connectivity index (χ3v) is 3.64. The molecule has 0 radical (unpaired) electrons. The van der Waals surface area contributed by atoms with Gasteiger partial charge in [0.05, 0.1) is 5.56 Å². The summed E-state index contributed by atoms with van der Waals surface area (Å²) in [5, 5.41) is 4.44. The fourth-order valence-electron chi connectivity index (χ4n) is 2.27. The van der Waals surface area contributed by atoms with Crippen molar-refractivity contribution in [1.82, 2.24) is 10.6 Å². The molecule has 0 aromatic heterocycles. The highest BCUT2D eigenvalue weighted by atomic mass is 16.5. The molecule has 0 saturated heterocycles. The minimum Gasteiger partial charge on any atom is -0.444 e. The molecule has 0 bridgehead atoms. The Bertz CT molecular complexity index is 787. The number of amides is 3. The predicted octanol–water partition coefficient (Wildman–Crippen LogP) is 2.66. The first-order valence-electron chi connectivity index (χ1n) is 7.78. The quantitative estimate of drug-likeness (QED) is 0.838. The summed E-state index contributed by atoms with van der Waals surface area (Å²) in [7, 11) is 1.39. The van der Waals surface area contributed by atoms with Gasteiger partial charge in [-0.15, -0.1) is 0 Å². The van der Waals surface area contributed by atoms with Gasteiger partial charge in [0.15, 0.2) is 0 Å². The number of benzene rings is 2. The zero-order chi connectivity index (χ0) is 18.4. The summed E-state index contributed by atoms with van der Waals surface area (Å²) in [6.45, 7) is 3.65. The molecule has 0 aliphatic rings. The van der Waals surface area contributed by atoms with Crippen molar-refractivity contribution in [2.45, 2.75) is 20.0 Å². The number of carbonyl (C=O) groups excluding carboxylic acids is 3. The van der Waals surface area contributed by atoms with E-state index in [0.29, 0.717) is 11.1 Å². The fourth-order valence-corrected chi connectivity index (χ4v) is 2.27. The monoisotopic (exact) mass is 340 g/mol. The van der Waals surface area contributed by atoms with Gasteiger partial charge in [-0.05, 0) is 25.5 Å². The van der Waals surface area contributed by atoms with Crippen molar-refractivity contribution < 1.29 is 19.1 Å². The number of ether oxygens (including phenoxy) is 1. The van der Waals surface area contributed by atoms with Crippen molar-refractivity contribution in [3.05, 3.63) is 70.8 Å². The molecule has 130 valence electrons. The maximum atomic E-state index is 12.6. The SMILES string of the molecule is CNC(=O)NC(=O)C(OC(=O)c1cc(C)ccc1C)c1ccccc1. The molecule has 2 aromatic rings. The molecule has 1 atom stereocenters. The van der Waals surface area contributed by atoms with Crippen LogP contribution in [0.1, 0.15) is 33.2 Å². The molecule has 6 nitrogen and oxygen atoms in total. The first kappa shape index (κ1) is 18.2. The van der Waals surface area contributed by atoms with E-state index in [2.05, 4.69) is 10.6 Å². The van der Waals surface area contributed by atoms with Crippen LogP contribution in [0.5, 0.6) is 0 Å². The summed E-state index contributed by atoms with van der Waals surface area (Å²) in [5.41, 5.74) is 2.51. The third-order valence-electron chi connectivity index (χ3n) is 3.64. The Morgan fingerprint density at radius 1 is 1.00 bits per heavy atom. The van der Waals surface area contributed by atoms with Crippen molar-refractivity contribution in [3.8, 4) is 0 Å². The lowest BCUT2D eigenvalue weighted by Gasteiger charge is -2.18. The Hall–Kier alpha value is -3.15. The summed E-state index contributed by atoms with van der Waals surface area (Å²) >= 11 is 0. The molecule has 0 heterocycles. The number of hydrogen-bond acceptors (Lipinski definition) is 4. The van der Waals surface area contributed by atoms with Gasteiger partial charge in [-0.25, -0.2) is 9.59 Å². The molecule has 2 aromatic carbocycles. The molecule has 0 spiro atoms. The van der Waals surface area contributed by atoms with Crippen LogP contribution in [0.4, 0.5) is 4.79 Å². The van der Waals surface area contributed by atoms with E-state index in [0.717, 1.165) is 11.1 Å². The van der Waals surface area contributed by atoms with Crippen molar-refractivity contribution in [2.24, 2.45) is 0 Å². The summed E-state index contributed by atoms with van der Waals surface area (Å²) in [5.74, 6) is -1.34. The Balaban J connectivity index is 2.29. The molecule has 3 amide bonds. The molecule has 2 N–H and O–H groups in total. The number of carbonyl (C=O) groups is 3. The molecule has 1 unspecified atom stereocenters. The van der Waals surface area contributed by atoms with Crippen LogP contribution in [0.25, 0.3) is 0 Å². The molecule has 25 heavy (non-hydrogen) atoms. The van der Waals surface area contributed by atoms with Crippen LogP contribution in [0.3, 0.4) is 0 Å².